The summed E-state index contributed by atoms with van der Waals surface area (Å²) in [5.41, 5.74) is 5.19. The van der Waals surface area contributed by atoms with E-state index in [2.05, 4.69) is 55.1 Å². The summed E-state index contributed by atoms with van der Waals surface area (Å²) in [5.74, 6) is 6.13. The van der Waals surface area contributed by atoms with Gasteiger partial charge in [0, 0.05) is 28.1 Å². The van der Waals surface area contributed by atoms with E-state index in [4.69, 9.17) is 0 Å². The van der Waals surface area contributed by atoms with E-state index in [-0.39, 0.29) is 17.7 Å². The molecule has 1 amide bonds. The maximum atomic E-state index is 11.5. The molecule has 0 fully saturated rings. The lowest BCUT2D eigenvalue weighted by atomic mass is 9.76. The molecule has 1 unspecified atom stereocenters. The Labute approximate surface area is 219 Å². The van der Waals surface area contributed by atoms with Crippen molar-refractivity contribution in [3.8, 4) is 11.8 Å². The highest BCUT2D eigenvalue weighted by Crippen LogP contribution is 2.32. The van der Waals surface area contributed by atoms with Crippen LogP contribution in [-0.2, 0) is 10.2 Å². The first-order chi connectivity index (χ1) is 17.5. The number of anilines is 1. The Kier molecular flexibility index (Phi) is 8.81. The Morgan fingerprint density at radius 1 is 0.973 bits per heavy atom. The standard InChI is InChI=1S/C21H24O.C11H10N2O2/c1-17-10-12-18(13-11-17)14-15-21(4,22)16-20(2,3)19-8-6-5-7-9-19;1-7-10-4-8(13-6-14)2-3-9(10)11(15)5-12-7/h5-13,22H,16H2,1-4H3;2-4,6H,5H2,1H3,(H,13,14). The number of rotatable bonds is 5. The van der Waals surface area contributed by atoms with E-state index in [1.807, 2.05) is 49.4 Å². The van der Waals surface area contributed by atoms with Crippen LogP contribution in [0.4, 0.5) is 5.69 Å². The van der Waals surface area contributed by atoms with E-state index in [0.29, 0.717) is 24.1 Å². The van der Waals surface area contributed by atoms with Gasteiger partial charge in [-0.2, -0.15) is 0 Å². The highest BCUT2D eigenvalue weighted by Gasteiger charge is 2.30. The minimum atomic E-state index is -1.02. The third-order valence-corrected chi connectivity index (χ3v) is 6.26. The van der Waals surface area contributed by atoms with Gasteiger partial charge in [-0.1, -0.05) is 73.7 Å². The molecule has 2 N–H and O–H groups in total. The number of carbonyl (C=O) groups is 2. The lowest BCUT2D eigenvalue weighted by Crippen LogP contribution is -2.32. The molecule has 3 aromatic carbocycles. The zero-order valence-electron chi connectivity index (χ0n) is 22.1. The minimum absolute atomic E-state index is 0.0215. The molecular formula is C32H34N2O3. The summed E-state index contributed by atoms with van der Waals surface area (Å²) in [5, 5.41) is 13.2. The molecule has 0 aliphatic carbocycles. The molecule has 1 heterocycles. The average Bonchev–Trinajstić information content (AvgIpc) is 2.87. The predicted octanol–water partition coefficient (Wildman–Crippen LogP) is 5.73. The number of amides is 1. The molecule has 0 saturated carbocycles. The lowest BCUT2D eigenvalue weighted by Gasteiger charge is -2.31. The maximum Gasteiger partial charge on any atom is 0.211 e. The second kappa shape index (κ2) is 11.8. The van der Waals surface area contributed by atoms with Crippen LogP contribution in [0.2, 0.25) is 0 Å². The number of carbonyl (C=O) groups excluding carboxylic acids is 2. The van der Waals surface area contributed by atoms with Crippen LogP contribution in [0.15, 0.2) is 77.8 Å². The number of hydrogen-bond donors (Lipinski definition) is 2. The topological polar surface area (TPSA) is 78.8 Å². The number of Topliss-reactive ketones (excluding diaryl/α,β-unsaturated/α-hetero) is 1. The molecule has 0 spiro atoms. The number of nitrogens with one attached hydrogen (secondary N) is 1. The number of aryl methyl sites for hydroxylation is 1. The van der Waals surface area contributed by atoms with Gasteiger partial charge in [0.1, 0.15) is 12.1 Å². The minimum Gasteiger partial charge on any atom is -0.378 e. The van der Waals surface area contributed by atoms with Crippen molar-refractivity contribution in [1.82, 2.24) is 0 Å². The van der Waals surface area contributed by atoms with Crippen LogP contribution in [0.25, 0.3) is 0 Å². The van der Waals surface area contributed by atoms with Gasteiger partial charge >= 0.3 is 0 Å². The molecule has 5 nitrogen and oxygen atoms in total. The molecule has 0 aromatic heterocycles. The maximum absolute atomic E-state index is 11.5. The van der Waals surface area contributed by atoms with E-state index in [0.717, 1.165) is 16.8 Å². The normalized spacial score (nSPS) is 14.0. The van der Waals surface area contributed by atoms with Crippen LogP contribution >= 0.6 is 0 Å². The fourth-order valence-electron chi connectivity index (χ4n) is 4.35. The van der Waals surface area contributed by atoms with Gasteiger partial charge in [0.15, 0.2) is 5.78 Å². The first-order valence-electron chi connectivity index (χ1n) is 12.3. The van der Waals surface area contributed by atoms with E-state index >= 15 is 0 Å². The van der Waals surface area contributed by atoms with Gasteiger partial charge in [-0.15, -0.1) is 0 Å². The Morgan fingerprint density at radius 3 is 2.30 bits per heavy atom. The van der Waals surface area contributed by atoms with Crippen LogP contribution < -0.4 is 5.32 Å². The quantitative estimate of drug-likeness (QED) is 0.351. The van der Waals surface area contributed by atoms with E-state index in [1.165, 1.54) is 11.1 Å². The molecule has 1 atom stereocenters. The van der Waals surface area contributed by atoms with Crippen molar-refractivity contribution >= 4 is 23.6 Å². The summed E-state index contributed by atoms with van der Waals surface area (Å²) in [4.78, 5) is 25.9. The van der Waals surface area contributed by atoms with Gasteiger partial charge in [0.2, 0.25) is 6.41 Å². The monoisotopic (exact) mass is 494 g/mol. The highest BCUT2D eigenvalue weighted by atomic mass is 16.3. The van der Waals surface area contributed by atoms with E-state index < -0.39 is 5.60 Å². The second-order valence-electron chi connectivity index (χ2n) is 10.2. The van der Waals surface area contributed by atoms with Crippen LogP contribution in [0.1, 0.15) is 66.7 Å². The van der Waals surface area contributed by atoms with Gasteiger partial charge < -0.3 is 10.4 Å². The molecule has 0 radical (unpaired) electrons. The van der Waals surface area contributed by atoms with Crippen molar-refractivity contribution < 1.29 is 14.7 Å². The van der Waals surface area contributed by atoms with Crippen molar-refractivity contribution in [3.63, 3.8) is 0 Å². The van der Waals surface area contributed by atoms with Crippen LogP contribution in [0.3, 0.4) is 0 Å². The van der Waals surface area contributed by atoms with Crippen LogP contribution in [0, 0.1) is 18.8 Å². The Morgan fingerprint density at radius 2 is 1.65 bits per heavy atom. The predicted molar refractivity (Wildman–Crippen MR) is 150 cm³/mol. The van der Waals surface area contributed by atoms with Crippen molar-refractivity contribution in [2.45, 2.75) is 52.1 Å². The molecule has 5 heteroatoms. The van der Waals surface area contributed by atoms with Gasteiger partial charge in [-0.3, -0.25) is 14.6 Å². The Bertz CT molecular complexity index is 1340. The third-order valence-electron chi connectivity index (χ3n) is 6.26. The third kappa shape index (κ3) is 7.73. The van der Waals surface area contributed by atoms with Crippen LogP contribution in [0.5, 0.6) is 0 Å². The van der Waals surface area contributed by atoms with E-state index in [1.54, 1.807) is 25.1 Å². The SMILES string of the molecule is CC1=NCC(=O)c2ccc(NC=O)cc21.Cc1ccc(C#CC(C)(O)CC(C)(C)c2ccccc2)cc1. The van der Waals surface area contributed by atoms with Gasteiger partial charge in [-0.25, -0.2) is 0 Å². The molecule has 4 rings (SSSR count). The Balaban J connectivity index is 0.000000220. The number of ketones is 1. The van der Waals surface area contributed by atoms with Crippen LogP contribution in [-0.4, -0.2) is 35.2 Å². The summed E-state index contributed by atoms with van der Waals surface area (Å²) >= 11 is 0. The summed E-state index contributed by atoms with van der Waals surface area (Å²) in [6.07, 6.45) is 1.20. The van der Waals surface area contributed by atoms with E-state index in [9.17, 15) is 14.7 Å². The zero-order chi connectivity index (χ0) is 27.1. The first-order valence-corrected chi connectivity index (χ1v) is 12.3. The summed E-state index contributed by atoms with van der Waals surface area (Å²) < 4.78 is 0. The number of fused-ring (bicyclic) bond motifs is 1. The molecule has 1 aliphatic heterocycles. The summed E-state index contributed by atoms with van der Waals surface area (Å²) in [7, 11) is 0. The number of nitrogens with zero attached hydrogens (tertiary/aromatic N) is 1. The summed E-state index contributed by atoms with van der Waals surface area (Å²) in [6.45, 7) is 10.2. The number of benzene rings is 3. The number of aliphatic hydroxyl groups is 1. The first kappa shape index (κ1) is 27.6. The summed E-state index contributed by atoms with van der Waals surface area (Å²) in [6, 6.07) is 23.5. The van der Waals surface area contributed by atoms with Crippen molar-refractivity contribution in [2.24, 2.45) is 4.99 Å². The molecular weight excluding hydrogens is 460 g/mol. The molecule has 190 valence electrons. The van der Waals surface area contributed by atoms with Crippen molar-refractivity contribution in [2.75, 3.05) is 11.9 Å². The number of hydrogen-bond acceptors (Lipinski definition) is 4. The van der Waals surface area contributed by atoms with Crippen molar-refractivity contribution in [1.29, 1.82) is 0 Å². The van der Waals surface area contributed by atoms with Crippen molar-refractivity contribution in [3.05, 3.63) is 101 Å². The van der Waals surface area contributed by atoms with Gasteiger partial charge in [-0.05, 0) is 68.5 Å². The molecule has 37 heavy (non-hydrogen) atoms. The van der Waals surface area contributed by atoms with Gasteiger partial charge in [0.25, 0.3) is 0 Å². The zero-order valence-corrected chi connectivity index (χ0v) is 22.1. The lowest BCUT2D eigenvalue weighted by molar-refractivity contribution is -0.105. The molecule has 3 aromatic rings. The smallest absolute Gasteiger partial charge is 0.211 e. The highest BCUT2D eigenvalue weighted by molar-refractivity contribution is 6.15. The second-order valence-corrected chi connectivity index (χ2v) is 10.2. The van der Waals surface area contributed by atoms with Gasteiger partial charge in [0.05, 0.1) is 0 Å². The largest absolute Gasteiger partial charge is 0.378 e. The Hall–Kier alpha value is -4.01. The molecule has 0 saturated heterocycles. The number of aliphatic imine (C=N–C) groups is 1. The fraction of sp³-hybridized carbons (Fsp3) is 0.281. The fourth-order valence-corrected chi connectivity index (χ4v) is 4.35. The molecule has 0 bridgehead atoms. The average molecular weight is 495 g/mol. The molecule has 1 aliphatic rings.